The van der Waals surface area contributed by atoms with Gasteiger partial charge in [0.1, 0.15) is 0 Å². The number of rotatable bonds is 3. The topological polar surface area (TPSA) is 56.7 Å². The van der Waals surface area contributed by atoms with Gasteiger partial charge in [-0.1, -0.05) is 22.9 Å². The van der Waals surface area contributed by atoms with Gasteiger partial charge in [0, 0.05) is 31.2 Å². The molecule has 128 valence electrons. The Balaban J connectivity index is 1.57. The highest BCUT2D eigenvalue weighted by molar-refractivity contribution is 7.22. The van der Waals surface area contributed by atoms with Crippen LogP contribution in [0.1, 0.15) is 19.3 Å². The van der Waals surface area contributed by atoms with E-state index < -0.39 is 0 Å². The first-order chi connectivity index (χ1) is 11.6. The third-order valence-corrected chi connectivity index (χ3v) is 6.47. The van der Waals surface area contributed by atoms with Gasteiger partial charge >= 0.3 is 0 Å². The van der Waals surface area contributed by atoms with Crippen LogP contribution in [0.5, 0.6) is 0 Å². The number of piperidine rings is 1. The van der Waals surface area contributed by atoms with Gasteiger partial charge in [-0.3, -0.25) is 4.79 Å². The van der Waals surface area contributed by atoms with Gasteiger partial charge in [0.2, 0.25) is 5.91 Å². The fraction of sp³-hybridized carbons (Fsp3) is 0.529. The Bertz CT molecular complexity index is 778. The smallest absolute Gasteiger partial charge is 0.230 e. The summed E-state index contributed by atoms with van der Waals surface area (Å²) in [4.78, 5) is 21.7. The fourth-order valence-corrected chi connectivity index (χ4v) is 5.19. The second kappa shape index (κ2) is 6.17. The highest BCUT2D eigenvalue weighted by Crippen LogP contribution is 2.43. The maximum absolute atomic E-state index is 12.9. The van der Waals surface area contributed by atoms with Crippen molar-refractivity contribution in [3.8, 4) is 0 Å². The summed E-state index contributed by atoms with van der Waals surface area (Å²) in [5.74, 6) is 0.203. The molecular weight excluding hydrogens is 346 g/mol. The van der Waals surface area contributed by atoms with Crippen LogP contribution in [0.15, 0.2) is 18.2 Å². The number of hydrogen-bond acceptors (Lipinski definition) is 5. The fourth-order valence-electron chi connectivity index (χ4n) is 3.92. The molecule has 3 heterocycles. The molecule has 0 unspecified atom stereocenters. The lowest BCUT2D eigenvalue weighted by molar-refractivity contribution is -0.145. The summed E-state index contributed by atoms with van der Waals surface area (Å²) >= 11 is 7.70. The summed E-state index contributed by atoms with van der Waals surface area (Å²) in [5, 5.41) is 10.9. The Morgan fingerprint density at radius 3 is 3.04 bits per heavy atom. The van der Waals surface area contributed by atoms with Crippen LogP contribution in [0.4, 0.5) is 5.13 Å². The van der Waals surface area contributed by atoms with Crippen LogP contribution in [-0.4, -0.2) is 53.7 Å². The van der Waals surface area contributed by atoms with E-state index >= 15 is 0 Å². The van der Waals surface area contributed by atoms with Crippen molar-refractivity contribution in [1.82, 2.24) is 9.88 Å². The number of anilines is 1. The van der Waals surface area contributed by atoms with Gasteiger partial charge in [-0.2, -0.15) is 0 Å². The first-order valence-corrected chi connectivity index (χ1v) is 9.52. The molecule has 24 heavy (non-hydrogen) atoms. The van der Waals surface area contributed by atoms with Crippen molar-refractivity contribution in [2.24, 2.45) is 5.41 Å². The van der Waals surface area contributed by atoms with Crippen LogP contribution >= 0.6 is 22.9 Å². The summed E-state index contributed by atoms with van der Waals surface area (Å²) < 4.78 is 1.08. The van der Waals surface area contributed by atoms with E-state index in [4.69, 9.17) is 16.6 Å². The quantitative estimate of drug-likeness (QED) is 0.908. The zero-order valence-corrected chi connectivity index (χ0v) is 14.9. The van der Waals surface area contributed by atoms with Crippen molar-refractivity contribution in [3.05, 3.63) is 23.2 Å². The average Bonchev–Trinajstić information content (AvgIpc) is 3.16. The number of aliphatic hydroxyl groups is 1. The third kappa shape index (κ3) is 2.66. The molecule has 2 aromatic rings. The highest BCUT2D eigenvalue weighted by Gasteiger charge is 2.48. The van der Waals surface area contributed by atoms with E-state index in [2.05, 4.69) is 4.90 Å². The van der Waals surface area contributed by atoms with Crippen molar-refractivity contribution in [3.63, 3.8) is 0 Å². The van der Waals surface area contributed by atoms with Crippen LogP contribution in [0.3, 0.4) is 0 Å². The monoisotopic (exact) mass is 365 g/mol. The molecule has 0 aliphatic carbocycles. The molecule has 0 bridgehead atoms. The lowest BCUT2D eigenvalue weighted by Crippen LogP contribution is -2.50. The number of fused-ring (bicyclic) bond motifs is 1. The number of amides is 1. The molecule has 1 atom stereocenters. The van der Waals surface area contributed by atoms with Crippen molar-refractivity contribution >= 4 is 44.2 Å². The van der Waals surface area contributed by atoms with E-state index in [0.29, 0.717) is 6.54 Å². The van der Waals surface area contributed by atoms with E-state index in [9.17, 15) is 9.90 Å². The minimum atomic E-state index is -0.303. The van der Waals surface area contributed by atoms with Crippen LogP contribution in [0, 0.1) is 5.41 Å². The second-order valence-corrected chi connectivity index (χ2v) is 8.13. The Morgan fingerprint density at radius 2 is 2.21 bits per heavy atom. The number of β-amino-alcohol motifs (C(OH)–C–C–N with tert-alkyl or cyclic N) is 1. The van der Waals surface area contributed by atoms with E-state index in [-0.39, 0.29) is 17.9 Å². The van der Waals surface area contributed by atoms with Crippen molar-refractivity contribution in [2.45, 2.75) is 19.3 Å². The Hall–Kier alpha value is -1.37. The van der Waals surface area contributed by atoms with Gasteiger partial charge < -0.3 is 14.9 Å². The molecule has 1 amide bonds. The number of halogens is 1. The largest absolute Gasteiger partial charge is 0.395 e. The van der Waals surface area contributed by atoms with E-state index in [1.807, 2.05) is 23.1 Å². The molecule has 2 fully saturated rings. The van der Waals surface area contributed by atoms with E-state index in [0.717, 1.165) is 59.3 Å². The maximum atomic E-state index is 12.9. The molecular formula is C17H20ClN3O2S. The SMILES string of the molecule is O=C1N(CCO)CCC[C@]12CCN(c1nc3ccc(Cl)cc3s1)C2. The molecule has 2 saturated heterocycles. The van der Waals surface area contributed by atoms with Crippen molar-refractivity contribution in [1.29, 1.82) is 0 Å². The number of aromatic nitrogens is 1. The molecule has 0 radical (unpaired) electrons. The molecule has 1 aromatic heterocycles. The number of likely N-dealkylation sites (tertiary alicyclic amines) is 1. The van der Waals surface area contributed by atoms with Crippen LogP contribution < -0.4 is 4.90 Å². The predicted octanol–water partition coefficient (Wildman–Crippen LogP) is 2.76. The van der Waals surface area contributed by atoms with Gasteiger partial charge in [0.25, 0.3) is 0 Å². The Labute approximate surface area is 149 Å². The van der Waals surface area contributed by atoms with Gasteiger partial charge in [-0.15, -0.1) is 0 Å². The van der Waals surface area contributed by atoms with Gasteiger partial charge in [-0.25, -0.2) is 4.98 Å². The number of nitrogens with zero attached hydrogens (tertiary/aromatic N) is 3. The van der Waals surface area contributed by atoms with Crippen LogP contribution in [0.2, 0.25) is 5.02 Å². The zero-order valence-electron chi connectivity index (χ0n) is 13.4. The molecule has 2 aliphatic rings. The summed E-state index contributed by atoms with van der Waals surface area (Å²) in [7, 11) is 0. The number of aliphatic hydroxyl groups excluding tert-OH is 1. The number of hydrogen-bond donors (Lipinski definition) is 1. The molecule has 1 N–H and O–H groups in total. The number of thiazole rings is 1. The lowest BCUT2D eigenvalue weighted by atomic mass is 9.78. The predicted molar refractivity (Wildman–Crippen MR) is 96.8 cm³/mol. The summed E-state index contributed by atoms with van der Waals surface area (Å²) in [5.41, 5.74) is 0.653. The van der Waals surface area contributed by atoms with Crippen LogP contribution in [0.25, 0.3) is 10.2 Å². The van der Waals surface area contributed by atoms with Gasteiger partial charge in [-0.05, 0) is 37.5 Å². The highest BCUT2D eigenvalue weighted by atomic mass is 35.5. The second-order valence-electron chi connectivity index (χ2n) is 6.68. The van der Waals surface area contributed by atoms with E-state index in [1.54, 1.807) is 11.3 Å². The molecule has 0 saturated carbocycles. The normalized spacial score (nSPS) is 24.5. The standard InChI is InChI=1S/C17H20ClN3O2S/c18-12-2-3-13-14(10-12)24-16(19-13)21-7-5-17(11-21)4-1-6-20(8-9-22)15(17)23/h2-3,10,22H,1,4-9,11H2/t17-/m1/s1. The molecule has 4 rings (SSSR count). The first kappa shape index (κ1) is 16.1. The molecule has 5 nitrogen and oxygen atoms in total. The van der Waals surface area contributed by atoms with Gasteiger partial charge in [0.15, 0.2) is 5.13 Å². The Kier molecular flexibility index (Phi) is 4.14. The Morgan fingerprint density at radius 1 is 1.33 bits per heavy atom. The number of carbonyl (C=O) groups excluding carboxylic acids is 1. The number of benzene rings is 1. The number of carbonyl (C=O) groups is 1. The summed E-state index contributed by atoms with van der Waals surface area (Å²) in [6.07, 6.45) is 2.81. The first-order valence-electron chi connectivity index (χ1n) is 8.33. The molecule has 2 aliphatic heterocycles. The lowest BCUT2D eigenvalue weighted by Gasteiger charge is -2.39. The molecule has 1 aromatic carbocycles. The van der Waals surface area contributed by atoms with Gasteiger partial charge in [0.05, 0.1) is 22.2 Å². The minimum absolute atomic E-state index is 0.0319. The molecule has 1 spiro atoms. The zero-order chi connectivity index (χ0) is 16.7. The summed E-state index contributed by atoms with van der Waals surface area (Å²) in [6.45, 7) is 2.82. The molecule has 7 heteroatoms. The minimum Gasteiger partial charge on any atom is -0.395 e. The van der Waals surface area contributed by atoms with Crippen molar-refractivity contribution < 1.29 is 9.90 Å². The summed E-state index contributed by atoms with van der Waals surface area (Å²) in [6, 6.07) is 5.74. The average molecular weight is 366 g/mol. The van der Waals surface area contributed by atoms with Crippen molar-refractivity contribution in [2.75, 3.05) is 37.7 Å². The van der Waals surface area contributed by atoms with Crippen LogP contribution in [-0.2, 0) is 4.79 Å². The van der Waals surface area contributed by atoms with E-state index in [1.165, 1.54) is 0 Å². The maximum Gasteiger partial charge on any atom is 0.230 e. The third-order valence-electron chi connectivity index (χ3n) is 5.16.